The standard InChI is InChI=1S/C17H19BrN2O2/c18-13-3-4-15-12(9-13)10-16(22-15)17(21)20-8-5-14(11-20)19-6-1-2-7-19/h3-4,9-10,14H,1-2,5-8,11H2/t14-/m1/s1. The minimum Gasteiger partial charge on any atom is -0.451 e. The van der Waals surface area contributed by atoms with E-state index >= 15 is 0 Å². The Bertz CT molecular complexity index is 706. The number of rotatable bonds is 2. The van der Waals surface area contributed by atoms with Crippen LogP contribution in [0.3, 0.4) is 0 Å². The number of amides is 1. The number of nitrogens with zero attached hydrogens (tertiary/aromatic N) is 2. The number of halogens is 1. The monoisotopic (exact) mass is 362 g/mol. The maximum atomic E-state index is 12.7. The zero-order chi connectivity index (χ0) is 15.1. The summed E-state index contributed by atoms with van der Waals surface area (Å²) >= 11 is 3.45. The molecule has 0 unspecified atom stereocenters. The van der Waals surface area contributed by atoms with Crippen LogP contribution >= 0.6 is 15.9 Å². The Morgan fingerprint density at radius 1 is 1.18 bits per heavy atom. The lowest BCUT2D eigenvalue weighted by molar-refractivity contribution is 0.0751. The van der Waals surface area contributed by atoms with E-state index in [1.54, 1.807) is 0 Å². The number of fused-ring (bicyclic) bond motifs is 1. The third kappa shape index (κ3) is 2.57. The number of carbonyl (C=O) groups excluding carboxylic acids is 1. The van der Waals surface area contributed by atoms with Gasteiger partial charge in [-0.05, 0) is 56.6 Å². The van der Waals surface area contributed by atoms with E-state index in [0.29, 0.717) is 11.8 Å². The lowest BCUT2D eigenvalue weighted by Gasteiger charge is -2.23. The van der Waals surface area contributed by atoms with E-state index in [1.807, 2.05) is 29.2 Å². The molecule has 1 aromatic carbocycles. The van der Waals surface area contributed by atoms with Gasteiger partial charge in [-0.1, -0.05) is 15.9 Å². The maximum Gasteiger partial charge on any atom is 0.289 e. The lowest BCUT2D eigenvalue weighted by atomic mass is 10.2. The molecule has 0 N–H and O–H groups in total. The number of hydrogen-bond donors (Lipinski definition) is 0. The molecule has 2 aromatic rings. The van der Waals surface area contributed by atoms with Crippen molar-refractivity contribution in [3.05, 3.63) is 34.5 Å². The topological polar surface area (TPSA) is 36.7 Å². The van der Waals surface area contributed by atoms with Crippen molar-refractivity contribution in [2.45, 2.75) is 25.3 Å². The predicted octanol–water partition coefficient (Wildman–Crippen LogP) is 3.51. The molecule has 0 radical (unpaired) electrons. The highest BCUT2D eigenvalue weighted by Gasteiger charge is 2.32. The van der Waals surface area contributed by atoms with Crippen LogP contribution in [0.4, 0.5) is 0 Å². The molecule has 0 saturated carbocycles. The third-order valence-corrected chi connectivity index (χ3v) is 5.29. The summed E-state index contributed by atoms with van der Waals surface area (Å²) < 4.78 is 6.73. The summed E-state index contributed by atoms with van der Waals surface area (Å²) in [6.07, 6.45) is 3.67. The van der Waals surface area contributed by atoms with Gasteiger partial charge in [0.2, 0.25) is 0 Å². The van der Waals surface area contributed by atoms with Crippen molar-refractivity contribution in [2.75, 3.05) is 26.2 Å². The largest absolute Gasteiger partial charge is 0.451 e. The van der Waals surface area contributed by atoms with E-state index in [0.717, 1.165) is 35.0 Å². The Morgan fingerprint density at radius 2 is 2.00 bits per heavy atom. The molecule has 0 aliphatic carbocycles. The molecule has 116 valence electrons. The molecule has 4 rings (SSSR count). The molecule has 3 heterocycles. The molecular formula is C17H19BrN2O2. The normalized spacial score (nSPS) is 22.8. The van der Waals surface area contributed by atoms with E-state index in [1.165, 1.54) is 25.9 Å². The number of hydrogen-bond acceptors (Lipinski definition) is 3. The SMILES string of the molecule is O=C(c1cc2cc(Br)ccc2o1)N1CC[C@@H](N2CCCC2)C1. The van der Waals surface area contributed by atoms with Crippen molar-refractivity contribution in [3.8, 4) is 0 Å². The molecule has 22 heavy (non-hydrogen) atoms. The van der Waals surface area contributed by atoms with Gasteiger partial charge in [0.1, 0.15) is 5.58 Å². The smallest absolute Gasteiger partial charge is 0.289 e. The van der Waals surface area contributed by atoms with Gasteiger partial charge in [-0.3, -0.25) is 9.69 Å². The molecule has 0 bridgehead atoms. The zero-order valence-corrected chi connectivity index (χ0v) is 14.0. The van der Waals surface area contributed by atoms with Crippen LogP contribution < -0.4 is 0 Å². The van der Waals surface area contributed by atoms with Crippen molar-refractivity contribution in [1.82, 2.24) is 9.80 Å². The molecule has 0 spiro atoms. The first kappa shape index (κ1) is 14.3. The Morgan fingerprint density at radius 3 is 2.82 bits per heavy atom. The average Bonchev–Trinajstić information content (AvgIpc) is 3.24. The van der Waals surface area contributed by atoms with Crippen LogP contribution in [-0.2, 0) is 0 Å². The highest BCUT2D eigenvalue weighted by molar-refractivity contribution is 9.10. The van der Waals surface area contributed by atoms with Crippen molar-refractivity contribution in [3.63, 3.8) is 0 Å². The fraction of sp³-hybridized carbons (Fsp3) is 0.471. The van der Waals surface area contributed by atoms with Crippen molar-refractivity contribution in [2.24, 2.45) is 0 Å². The predicted molar refractivity (Wildman–Crippen MR) is 89.0 cm³/mol. The molecule has 2 aliphatic rings. The second-order valence-corrected chi connectivity index (χ2v) is 7.15. The molecule has 1 atom stereocenters. The first-order valence-electron chi connectivity index (χ1n) is 7.93. The highest BCUT2D eigenvalue weighted by atomic mass is 79.9. The maximum absolute atomic E-state index is 12.7. The van der Waals surface area contributed by atoms with Gasteiger partial charge in [0.05, 0.1) is 0 Å². The Hall–Kier alpha value is -1.33. The highest BCUT2D eigenvalue weighted by Crippen LogP contribution is 2.26. The quantitative estimate of drug-likeness (QED) is 0.820. The van der Waals surface area contributed by atoms with Crippen LogP contribution in [0, 0.1) is 0 Å². The molecule has 5 heteroatoms. The zero-order valence-electron chi connectivity index (χ0n) is 12.4. The van der Waals surface area contributed by atoms with Crippen LogP contribution in [-0.4, -0.2) is 47.9 Å². The van der Waals surface area contributed by atoms with Gasteiger partial charge >= 0.3 is 0 Å². The first-order chi connectivity index (χ1) is 10.7. The summed E-state index contributed by atoms with van der Waals surface area (Å²) in [6, 6.07) is 8.19. The fourth-order valence-corrected chi connectivity index (χ4v) is 3.99. The van der Waals surface area contributed by atoms with Gasteiger partial charge in [0.25, 0.3) is 5.91 Å². The van der Waals surface area contributed by atoms with E-state index < -0.39 is 0 Å². The summed E-state index contributed by atoms with van der Waals surface area (Å²) in [6.45, 7) is 4.04. The van der Waals surface area contributed by atoms with Crippen LogP contribution in [0.5, 0.6) is 0 Å². The molecule has 1 aromatic heterocycles. The Kier molecular flexibility index (Phi) is 3.70. The minimum absolute atomic E-state index is 0.0222. The molecular weight excluding hydrogens is 344 g/mol. The molecule has 2 fully saturated rings. The van der Waals surface area contributed by atoms with Gasteiger partial charge in [0, 0.05) is 29.0 Å². The Balaban J connectivity index is 1.51. The summed E-state index contributed by atoms with van der Waals surface area (Å²) in [5.41, 5.74) is 0.766. The molecule has 2 aliphatic heterocycles. The molecule has 1 amide bonds. The number of furan rings is 1. The van der Waals surface area contributed by atoms with Gasteiger partial charge in [-0.2, -0.15) is 0 Å². The van der Waals surface area contributed by atoms with Crippen LogP contribution in [0.1, 0.15) is 29.8 Å². The summed E-state index contributed by atoms with van der Waals surface area (Å²) in [4.78, 5) is 17.1. The number of benzene rings is 1. The van der Waals surface area contributed by atoms with E-state index in [2.05, 4.69) is 20.8 Å². The van der Waals surface area contributed by atoms with Crippen molar-refractivity contribution < 1.29 is 9.21 Å². The summed E-state index contributed by atoms with van der Waals surface area (Å²) in [5, 5.41) is 0.966. The van der Waals surface area contributed by atoms with E-state index in [-0.39, 0.29) is 5.91 Å². The van der Waals surface area contributed by atoms with Crippen LogP contribution in [0.15, 0.2) is 33.2 Å². The minimum atomic E-state index is 0.0222. The number of likely N-dealkylation sites (tertiary alicyclic amines) is 2. The van der Waals surface area contributed by atoms with Gasteiger partial charge < -0.3 is 9.32 Å². The van der Waals surface area contributed by atoms with Crippen LogP contribution in [0.2, 0.25) is 0 Å². The van der Waals surface area contributed by atoms with Gasteiger partial charge in [-0.25, -0.2) is 0 Å². The Labute approximate surface area is 138 Å². The lowest BCUT2D eigenvalue weighted by Crippen LogP contribution is -2.37. The van der Waals surface area contributed by atoms with E-state index in [9.17, 15) is 4.79 Å². The summed E-state index contributed by atoms with van der Waals surface area (Å²) in [5.74, 6) is 0.476. The molecule has 4 nitrogen and oxygen atoms in total. The molecule has 2 saturated heterocycles. The summed E-state index contributed by atoms with van der Waals surface area (Å²) in [7, 11) is 0. The average molecular weight is 363 g/mol. The van der Waals surface area contributed by atoms with E-state index in [4.69, 9.17) is 4.42 Å². The van der Waals surface area contributed by atoms with Crippen molar-refractivity contribution >= 4 is 32.8 Å². The first-order valence-corrected chi connectivity index (χ1v) is 8.72. The second kappa shape index (κ2) is 5.70. The fourth-order valence-electron chi connectivity index (χ4n) is 3.61. The van der Waals surface area contributed by atoms with Gasteiger partial charge in [0.15, 0.2) is 5.76 Å². The number of carbonyl (C=O) groups is 1. The van der Waals surface area contributed by atoms with Gasteiger partial charge in [-0.15, -0.1) is 0 Å². The second-order valence-electron chi connectivity index (χ2n) is 6.23. The van der Waals surface area contributed by atoms with Crippen LogP contribution in [0.25, 0.3) is 11.0 Å². The van der Waals surface area contributed by atoms with Crippen molar-refractivity contribution in [1.29, 1.82) is 0 Å². The third-order valence-electron chi connectivity index (χ3n) is 4.80.